The highest BCUT2D eigenvalue weighted by Crippen LogP contribution is 2.40. The number of ketones is 1. The van der Waals surface area contributed by atoms with Crippen molar-refractivity contribution in [2.75, 3.05) is 32.8 Å². The molecule has 0 spiro atoms. The summed E-state index contributed by atoms with van der Waals surface area (Å²) in [6, 6.07) is 9.57. The lowest BCUT2D eigenvalue weighted by Crippen LogP contribution is -2.37. The second kappa shape index (κ2) is 9.83. The van der Waals surface area contributed by atoms with Crippen LogP contribution in [0.15, 0.2) is 46.4 Å². The molecular weight excluding hydrogens is 396 g/mol. The van der Waals surface area contributed by atoms with Gasteiger partial charge in [-0.3, -0.25) is 9.59 Å². The number of nitrogens with zero attached hydrogens (tertiary/aromatic N) is 2. The number of likely N-dealkylation sites (tertiary alicyclic amines) is 1. The zero-order valence-electron chi connectivity index (χ0n) is 18.6. The average Bonchev–Trinajstić information content (AvgIpc) is 3.30. The van der Waals surface area contributed by atoms with Gasteiger partial charge in [0.15, 0.2) is 0 Å². The number of hydrogen-bond acceptors (Lipinski definition) is 6. The van der Waals surface area contributed by atoms with E-state index in [0.717, 1.165) is 13.1 Å². The van der Waals surface area contributed by atoms with Crippen LogP contribution in [0.2, 0.25) is 0 Å². The molecule has 1 fully saturated rings. The Morgan fingerprint density at radius 3 is 2.32 bits per heavy atom. The average molecular weight is 427 g/mol. The Labute approximate surface area is 182 Å². The van der Waals surface area contributed by atoms with E-state index in [1.165, 1.54) is 4.90 Å². The second-order valence-corrected chi connectivity index (χ2v) is 7.43. The van der Waals surface area contributed by atoms with E-state index >= 15 is 0 Å². The maximum atomic E-state index is 13.0. The van der Waals surface area contributed by atoms with Crippen LogP contribution in [0, 0.1) is 6.92 Å². The number of likely N-dealkylation sites (N-methyl/N-ethyl adjacent to an activating group) is 1. The van der Waals surface area contributed by atoms with Gasteiger partial charge < -0.3 is 24.1 Å². The summed E-state index contributed by atoms with van der Waals surface area (Å²) in [7, 11) is 0. The predicted octanol–water partition coefficient (Wildman–Crippen LogP) is 3.75. The van der Waals surface area contributed by atoms with Crippen LogP contribution in [-0.2, 0) is 9.59 Å². The van der Waals surface area contributed by atoms with Crippen LogP contribution >= 0.6 is 0 Å². The Kier molecular flexibility index (Phi) is 7.17. The van der Waals surface area contributed by atoms with E-state index in [0.29, 0.717) is 42.5 Å². The molecule has 0 radical (unpaired) electrons. The Morgan fingerprint density at radius 2 is 1.77 bits per heavy atom. The number of hydrogen-bond donors (Lipinski definition) is 1. The van der Waals surface area contributed by atoms with Crippen molar-refractivity contribution in [2.24, 2.45) is 0 Å². The molecule has 1 atom stereocenters. The molecule has 166 valence electrons. The van der Waals surface area contributed by atoms with Crippen LogP contribution in [-0.4, -0.2) is 59.4 Å². The van der Waals surface area contributed by atoms with Gasteiger partial charge in [-0.2, -0.15) is 0 Å². The molecule has 7 nitrogen and oxygen atoms in total. The first-order valence-corrected chi connectivity index (χ1v) is 10.7. The highest BCUT2D eigenvalue weighted by molar-refractivity contribution is 6.46. The molecule has 1 saturated heterocycles. The van der Waals surface area contributed by atoms with Crippen molar-refractivity contribution in [1.82, 2.24) is 9.80 Å². The summed E-state index contributed by atoms with van der Waals surface area (Å²) in [5.74, 6) is 0.250. The van der Waals surface area contributed by atoms with E-state index in [-0.39, 0.29) is 11.3 Å². The van der Waals surface area contributed by atoms with Gasteiger partial charge in [-0.15, -0.1) is 0 Å². The molecule has 0 saturated carbocycles. The highest BCUT2D eigenvalue weighted by Gasteiger charge is 2.47. The first kappa shape index (κ1) is 22.6. The number of ether oxygens (including phenoxy) is 1. The zero-order valence-corrected chi connectivity index (χ0v) is 18.6. The molecule has 2 heterocycles. The first-order chi connectivity index (χ1) is 14.9. The summed E-state index contributed by atoms with van der Waals surface area (Å²) < 4.78 is 11.2. The molecule has 0 aliphatic carbocycles. The second-order valence-electron chi connectivity index (χ2n) is 7.43. The molecular formula is C24H30N2O5. The smallest absolute Gasteiger partial charge is 0.295 e. The number of benzene rings is 1. The fourth-order valence-electron chi connectivity index (χ4n) is 3.83. The third-order valence-electron chi connectivity index (χ3n) is 5.56. The molecule has 7 heteroatoms. The van der Waals surface area contributed by atoms with Crippen LogP contribution in [0.4, 0.5) is 0 Å². The van der Waals surface area contributed by atoms with Gasteiger partial charge in [-0.25, -0.2) is 0 Å². The van der Waals surface area contributed by atoms with E-state index in [4.69, 9.17) is 9.15 Å². The SMILES string of the molecule is CCOc1ccc(/C(O)=C2\C(=O)C(=O)N(CCN(CC)CC)[C@H]2c2ccc(C)o2)cc1. The number of amides is 1. The zero-order chi connectivity index (χ0) is 22.5. The van der Waals surface area contributed by atoms with Gasteiger partial charge in [0.1, 0.15) is 29.1 Å². The monoisotopic (exact) mass is 426 g/mol. The Bertz CT molecular complexity index is 957. The van der Waals surface area contributed by atoms with Gasteiger partial charge in [0.25, 0.3) is 11.7 Å². The highest BCUT2D eigenvalue weighted by atomic mass is 16.5. The Hall–Kier alpha value is -3.06. The minimum atomic E-state index is -0.768. The van der Waals surface area contributed by atoms with Crippen molar-refractivity contribution >= 4 is 17.4 Å². The Balaban J connectivity index is 2.03. The van der Waals surface area contributed by atoms with Crippen LogP contribution in [0.25, 0.3) is 5.76 Å². The molecule has 0 bridgehead atoms. The van der Waals surface area contributed by atoms with Crippen molar-refractivity contribution in [2.45, 2.75) is 33.7 Å². The topological polar surface area (TPSA) is 83.2 Å². The van der Waals surface area contributed by atoms with Crippen LogP contribution in [0.1, 0.15) is 43.9 Å². The van der Waals surface area contributed by atoms with Gasteiger partial charge in [0.2, 0.25) is 0 Å². The van der Waals surface area contributed by atoms with Crippen molar-refractivity contribution in [3.05, 3.63) is 59.1 Å². The fraction of sp³-hybridized carbons (Fsp3) is 0.417. The minimum Gasteiger partial charge on any atom is -0.507 e. The number of carbonyl (C=O) groups is 2. The summed E-state index contributed by atoms with van der Waals surface area (Å²) in [6.45, 7) is 11.0. The Morgan fingerprint density at radius 1 is 1.10 bits per heavy atom. The number of rotatable bonds is 9. The molecule has 3 rings (SSSR count). The third-order valence-corrected chi connectivity index (χ3v) is 5.56. The number of aliphatic hydroxyl groups excluding tert-OH is 1. The first-order valence-electron chi connectivity index (χ1n) is 10.7. The summed E-state index contributed by atoms with van der Waals surface area (Å²) >= 11 is 0. The lowest BCUT2D eigenvalue weighted by molar-refractivity contribution is -0.140. The van der Waals surface area contributed by atoms with Crippen molar-refractivity contribution in [1.29, 1.82) is 0 Å². The molecule has 1 N–H and O–H groups in total. The number of carbonyl (C=O) groups excluding carboxylic acids is 2. The van der Waals surface area contributed by atoms with Crippen molar-refractivity contribution in [3.63, 3.8) is 0 Å². The van der Waals surface area contributed by atoms with Gasteiger partial charge in [0.05, 0.1) is 12.2 Å². The van der Waals surface area contributed by atoms with Gasteiger partial charge >= 0.3 is 0 Å². The largest absolute Gasteiger partial charge is 0.507 e. The number of aryl methyl sites for hydroxylation is 1. The van der Waals surface area contributed by atoms with Crippen LogP contribution in [0.5, 0.6) is 5.75 Å². The van der Waals surface area contributed by atoms with Crippen LogP contribution in [0.3, 0.4) is 0 Å². The molecule has 1 aromatic heterocycles. The summed E-state index contributed by atoms with van der Waals surface area (Å²) in [6.07, 6.45) is 0. The molecule has 1 aromatic carbocycles. The van der Waals surface area contributed by atoms with Crippen molar-refractivity contribution < 1.29 is 23.8 Å². The molecule has 1 aliphatic heterocycles. The van der Waals surface area contributed by atoms with E-state index in [1.807, 2.05) is 6.92 Å². The summed E-state index contributed by atoms with van der Waals surface area (Å²) in [5, 5.41) is 11.0. The van der Waals surface area contributed by atoms with E-state index in [1.54, 1.807) is 43.3 Å². The lowest BCUT2D eigenvalue weighted by Gasteiger charge is -2.26. The molecule has 0 unspecified atom stereocenters. The molecule has 1 amide bonds. The normalized spacial score (nSPS) is 18.2. The quantitative estimate of drug-likeness (QED) is 0.374. The van der Waals surface area contributed by atoms with E-state index in [2.05, 4.69) is 18.7 Å². The predicted molar refractivity (Wildman–Crippen MR) is 118 cm³/mol. The van der Waals surface area contributed by atoms with Gasteiger partial charge in [-0.05, 0) is 63.3 Å². The standard InChI is InChI=1S/C24H30N2O5/c1-5-25(6-2)14-15-26-21(19-13-8-16(4)31-19)20(23(28)24(26)29)22(27)17-9-11-18(12-10-17)30-7-3/h8-13,21,27H,5-7,14-15H2,1-4H3/b22-20+/t21-/m0/s1. The maximum absolute atomic E-state index is 13.0. The van der Waals surface area contributed by atoms with Crippen LogP contribution < -0.4 is 4.74 Å². The van der Waals surface area contributed by atoms with E-state index < -0.39 is 17.7 Å². The maximum Gasteiger partial charge on any atom is 0.295 e. The summed E-state index contributed by atoms with van der Waals surface area (Å²) in [4.78, 5) is 29.6. The molecule has 2 aromatic rings. The number of furan rings is 1. The third kappa shape index (κ3) is 4.66. The summed E-state index contributed by atoms with van der Waals surface area (Å²) in [5.41, 5.74) is 0.488. The molecule has 1 aliphatic rings. The number of aliphatic hydroxyl groups is 1. The van der Waals surface area contributed by atoms with Crippen molar-refractivity contribution in [3.8, 4) is 5.75 Å². The lowest BCUT2D eigenvalue weighted by atomic mass is 9.99. The minimum absolute atomic E-state index is 0.0445. The van der Waals surface area contributed by atoms with Gasteiger partial charge in [-0.1, -0.05) is 13.8 Å². The molecule has 31 heavy (non-hydrogen) atoms. The van der Waals surface area contributed by atoms with Gasteiger partial charge in [0, 0.05) is 18.7 Å². The number of Topliss-reactive ketones (excluding diaryl/α,β-unsaturated/α-hetero) is 1. The fourth-order valence-corrected chi connectivity index (χ4v) is 3.83. The van der Waals surface area contributed by atoms with E-state index in [9.17, 15) is 14.7 Å².